The Bertz CT molecular complexity index is 697. The van der Waals surface area contributed by atoms with Gasteiger partial charge in [0.1, 0.15) is 6.17 Å². The van der Waals surface area contributed by atoms with Gasteiger partial charge in [0.05, 0.1) is 23.0 Å². The highest BCUT2D eigenvalue weighted by atomic mass is 16.2. The second-order valence-electron chi connectivity index (χ2n) is 4.36. The fourth-order valence-electron chi connectivity index (χ4n) is 2.10. The maximum absolute atomic E-state index is 11.9. The first-order valence-electron chi connectivity index (χ1n) is 5.81. The van der Waals surface area contributed by atoms with E-state index in [0.717, 1.165) is 11.3 Å². The third-order valence-electron chi connectivity index (χ3n) is 3.08. The zero-order valence-electron chi connectivity index (χ0n) is 10.2. The van der Waals surface area contributed by atoms with Crippen molar-refractivity contribution in [3.05, 3.63) is 46.8 Å². The standard InChI is InChI=1S/C13H11N5O/c1-7-10-11(18-17-7)13(19)16-12(15-10)9-4-2-3-8(5-9)6-14/h2-5,12,15H,1H3,(H,16,19)(H,17,18)/t12-/m0/s1. The van der Waals surface area contributed by atoms with E-state index in [1.54, 1.807) is 18.2 Å². The van der Waals surface area contributed by atoms with Crippen molar-refractivity contribution in [1.82, 2.24) is 15.5 Å². The second-order valence-corrected chi connectivity index (χ2v) is 4.36. The minimum Gasteiger partial charge on any atom is -0.358 e. The molecule has 3 N–H and O–H groups in total. The summed E-state index contributed by atoms with van der Waals surface area (Å²) < 4.78 is 0. The van der Waals surface area contributed by atoms with Crippen LogP contribution in [0.4, 0.5) is 5.69 Å². The summed E-state index contributed by atoms with van der Waals surface area (Å²) in [5, 5.41) is 21.7. The number of benzene rings is 1. The zero-order chi connectivity index (χ0) is 13.4. The van der Waals surface area contributed by atoms with E-state index < -0.39 is 0 Å². The summed E-state index contributed by atoms with van der Waals surface area (Å²) in [4.78, 5) is 11.9. The summed E-state index contributed by atoms with van der Waals surface area (Å²) >= 11 is 0. The number of amides is 1. The maximum Gasteiger partial charge on any atom is 0.275 e. The predicted octanol–water partition coefficient (Wildman–Crippen LogP) is 1.44. The normalized spacial score (nSPS) is 17.1. The number of nitriles is 1. The number of aromatic amines is 1. The molecule has 0 aliphatic carbocycles. The van der Waals surface area contributed by atoms with Crippen molar-refractivity contribution in [2.75, 3.05) is 5.32 Å². The van der Waals surface area contributed by atoms with E-state index in [1.165, 1.54) is 0 Å². The topological polar surface area (TPSA) is 93.6 Å². The molecule has 0 fully saturated rings. The lowest BCUT2D eigenvalue weighted by molar-refractivity contribution is 0.0930. The Hall–Kier alpha value is -2.81. The molecule has 94 valence electrons. The molecule has 0 saturated carbocycles. The largest absolute Gasteiger partial charge is 0.358 e. The van der Waals surface area contributed by atoms with Crippen molar-refractivity contribution in [2.24, 2.45) is 0 Å². The highest BCUT2D eigenvalue weighted by Gasteiger charge is 2.28. The summed E-state index contributed by atoms with van der Waals surface area (Å²) in [6.07, 6.45) is -0.357. The lowest BCUT2D eigenvalue weighted by Gasteiger charge is -2.26. The Labute approximate surface area is 109 Å². The number of rotatable bonds is 1. The van der Waals surface area contributed by atoms with Gasteiger partial charge in [-0.1, -0.05) is 12.1 Å². The zero-order valence-corrected chi connectivity index (χ0v) is 10.2. The first-order chi connectivity index (χ1) is 9.19. The Morgan fingerprint density at radius 3 is 3.00 bits per heavy atom. The number of nitrogens with zero attached hydrogens (tertiary/aromatic N) is 2. The van der Waals surface area contributed by atoms with Gasteiger partial charge in [-0.2, -0.15) is 10.4 Å². The van der Waals surface area contributed by atoms with Crippen molar-refractivity contribution >= 4 is 11.6 Å². The molecule has 19 heavy (non-hydrogen) atoms. The fraction of sp³-hybridized carbons (Fsp3) is 0.154. The first kappa shape index (κ1) is 11.3. The Morgan fingerprint density at radius 2 is 2.21 bits per heavy atom. The number of aryl methyl sites for hydroxylation is 1. The lowest BCUT2D eigenvalue weighted by atomic mass is 10.1. The summed E-state index contributed by atoms with van der Waals surface area (Å²) in [5.41, 5.74) is 3.27. The molecule has 6 heteroatoms. The lowest BCUT2D eigenvalue weighted by Crippen LogP contribution is -2.38. The number of aromatic nitrogens is 2. The molecule has 1 aliphatic rings. The molecule has 0 bridgehead atoms. The number of anilines is 1. The van der Waals surface area contributed by atoms with Crippen LogP contribution in [0.1, 0.15) is 33.5 Å². The van der Waals surface area contributed by atoms with Crippen molar-refractivity contribution in [3.8, 4) is 6.07 Å². The van der Waals surface area contributed by atoms with Crippen molar-refractivity contribution in [1.29, 1.82) is 5.26 Å². The van der Waals surface area contributed by atoms with Crippen LogP contribution in [-0.4, -0.2) is 16.1 Å². The highest BCUT2D eigenvalue weighted by molar-refractivity contribution is 6.00. The number of nitrogens with one attached hydrogen (secondary N) is 3. The monoisotopic (exact) mass is 253 g/mol. The van der Waals surface area contributed by atoms with E-state index in [9.17, 15) is 4.79 Å². The van der Waals surface area contributed by atoms with E-state index in [2.05, 4.69) is 26.9 Å². The van der Waals surface area contributed by atoms with Crippen LogP contribution < -0.4 is 10.6 Å². The molecule has 1 aromatic heterocycles. The average Bonchev–Trinajstić information content (AvgIpc) is 2.81. The van der Waals surface area contributed by atoms with Crippen LogP contribution in [0.25, 0.3) is 0 Å². The number of carbonyl (C=O) groups excluding carboxylic acids is 1. The minimum atomic E-state index is -0.357. The molecule has 1 aromatic carbocycles. The molecule has 1 atom stereocenters. The number of carbonyl (C=O) groups is 1. The average molecular weight is 253 g/mol. The number of fused-ring (bicyclic) bond motifs is 1. The van der Waals surface area contributed by atoms with Crippen LogP contribution in [0, 0.1) is 18.3 Å². The minimum absolute atomic E-state index is 0.231. The van der Waals surface area contributed by atoms with E-state index in [4.69, 9.17) is 5.26 Å². The molecule has 1 aliphatic heterocycles. The van der Waals surface area contributed by atoms with Crippen LogP contribution in [0.2, 0.25) is 0 Å². The van der Waals surface area contributed by atoms with E-state index in [1.807, 2.05) is 13.0 Å². The molecule has 1 amide bonds. The van der Waals surface area contributed by atoms with Crippen molar-refractivity contribution in [2.45, 2.75) is 13.1 Å². The molecule has 3 rings (SSSR count). The molecular formula is C13H11N5O. The second kappa shape index (κ2) is 4.14. The molecule has 6 nitrogen and oxygen atoms in total. The summed E-state index contributed by atoms with van der Waals surface area (Å²) in [7, 11) is 0. The molecule has 0 spiro atoms. The van der Waals surface area contributed by atoms with Gasteiger partial charge >= 0.3 is 0 Å². The van der Waals surface area contributed by atoms with Gasteiger partial charge < -0.3 is 10.6 Å². The summed E-state index contributed by atoms with van der Waals surface area (Å²) in [6.45, 7) is 1.85. The number of hydrogen-bond acceptors (Lipinski definition) is 4. The number of H-pyrrole nitrogens is 1. The van der Waals surface area contributed by atoms with E-state index >= 15 is 0 Å². The Morgan fingerprint density at radius 1 is 1.37 bits per heavy atom. The Kier molecular flexibility index (Phi) is 2.46. The molecule has 2 heterocycles. The van der Waals surface area contributed by atoms with Crippen LogP contribution in [0.15, 0.2) is 24.3 Å². The third kappa shape index (κ3) is 1.81. The predicted molar refractivity (Wildman–Crippen MR) is 68.3 cm³/mol. The third-order valence-corrected chi connectivity index (χ3v) is 3.08. The van der Waals surface area contributed by atoms with Gasteiger partial charge in [0.25, 0.3) is 5.91 Å². The SMILES string of the molecule is Cc1[nH]nc2c1N[C@H](c1cccc(C#N)c1)NC2=O. The van der Waals surface area contributed by atoms with Gasteiger partial charge in [-0.25, -0.2) is 0 Å². The van der Waals surface area contributed by atoms with Crippen molar-refractivity contribution in [3.63, 3.8) is 0 Å². The van der Waals surface area contributed by atoms with Crippen LogP contribution in [0.3, 0.4) is 0 Å². The van der Waals surface area contributed by atoms with E-state index in [0.29, 0.717) is 16.9 Å². The molecule has 2 aromatic rings. The Balaban J connectivity index is 1.99. The van der Waals surface area contributed by atoms with Gasteiger partial charge in [0, 0.05) is 0 Å². The smallest absolute Gasteiger partial charge is 0.275 e. The summed E-state index contributed by atoms with van der Waals surface area (Å²) in [6, 6.07) is 9.21. The van der Waals surface area contributed by atoms with Crippen LogP contribution in [-0.2, 0) is 0 Å². The van der Waals surface area contributed by atoms with Crippen LogP contribution >= 0.6 is 0 Å². The fourth-order valence-corrected chi connectivity index (χ4v) is 2.10. The molecule has 0 radical (unpaired) electrons. The van der Waals surface area contributed by atoms with Gasteiger partial charge in [-0.3, -0.25) is 9.89 Å². The molecule has 0 unspecified atom stereocenters. The van der Waals surface area contributed by atoms with Gasteiger partial charge in [0.2, 0.25) is 0 Å². The molecular weight excluding hydrogens is 242 g/mol. The number of hydrogen-bond donors (Lipinski definition) is 3. The molecule has 0 saturated heterocycles. The highest BCUT2D eigenvalue weighted by Crippen LogP contribution is 2.27. The van der Waals surface area contributed by atoms with Gasteiger partial charge in [-0.15, -0.1) is 0 Å². The van der Waals surface area contributed by atoms with Gasteiger partial charge in [0.15, 0.2) is 5.69 Å². The quantitative estimate of drug-likeness (QED) is 0.717. The van der Waals surface area contributed by atoms with E-state index in [-0.39, 0.29) is 12.1 Å². The maximum atomic E-state index is 11.9. The van der Waals surface area contributed by atoms with Gasteiger partial charge in [-0.05, 0) is 24.6 Å². The van der Waals surface area contributed by atoms with Crippen molar-refractivity contribution < 1.29 is 4.79 Å². The first-order valence-corrected chi connectivity index (χ1v) is 5.81. The summed E-state index contributed by atoms with van der Waals surface area (Å²) in [5.74, 6) is -0.231. The van der Waals surface area contributed by atoms with Crippen LogP contribution in [0.5, 0.6) is 0 Å².